The Morgan fingerprint density at radius 1 is 1.20 bits per heavy atom. The molecule has 0 bridgehead atoms. The molecular weight excluding hydrogens is 376 g/mol. The summed E-state index contributed by atoms with van der Waals surface area (Å²) in [5, 5.41) is 10.6. The van der Waals surface area contributed by atoms with Crippen molar-refractivity contribution in [2.24, 2.45) is 5.41 Å². The van der Waals surface area contributed by atoms with Gasteiger partial charge in [-0.3, -0.25) is 9.69 Å². The third-order valence-electron chi connectivity index (χ3n) is 7.08. The Morgan fingerprint density at radius 3 is 2.60 bits per heavy atom. The van der Waals surface area contributed by atoms with Crippen LogP contribution in [0.1, 0.15) is 62.1 Å². The predicted octanol–water partition coefficient (Wildman–Crippen LogP) is 4.56. The summed E-state index contributed by atoms with van der Waals surface area (Å²) in [4.78, 5) is 17.9. The Kier molecular flexibility index (Phi) is 6.30. The highest BCUT2D eigenvalue weighted by Crippen LogP contribution is 2.45. The van der Waals surface area contributed by atoms with Crippen molar-refractivity contribution in [3.05, 3.63) is 47.7 Å². The minimum absolute atomic E-state index is 0.0292. The van der Waals surface area contributed by atoms with Gasteiger partial charge in [0.1, 0.15) is 11.5 Å². The number of nitrogens with zero attached hydrogens (tertiary/aromatic N) is 2. The molecule has 5 heteroatoms. The minimum Gasteiger partial charge on any atom is -0.459 e. The molecular formula is C25H34N2O3. The van der Waals surface area contributed by atoms with E-state index in [2.05, 4.69) is 18.7 Å². The number of hydrogen-bond acceptors (Lipinski definition) is 4. The molecule has 2 heterocycles. The fourth-order valence-electron chi connectivity index (χ4n) is 5.25. The molecule has 2 aromatic rings. The smallest absolute Gasteiger partial charge is 0.257 e. The molecule has 5 nitrogen and oxygen atoms in total. The predicted molar refractivity (Wildman–Crippen MR) is 118 cm³/mol. The monoisotopic (exact) mass is 410 g/mol. The van der Waals surface area contributed by atoms with E-state index >= 15 is 0 Å². The lowest BCUT2D eigenvalue weighted by molar-refractivity contribution is -0.00534. The Hall–Kier alpha value is -2.11. The van der Waals surface area contributed by atoms with E-state index in [1.54, 1.807) is 0 Å². The van der Waals surface area contributed by atoms with Crippen LogP contribution in [0.4, 0.5) is 0 Å². The van der Waals surface area contributed by atoms with Crippen molar-refractivity contribution in [1.29, 1.82) is 0 Å². The van der Waals surface area contributed by atoms with Crippen LogP contribution < -0.4 is 0 Å². The summed E-state index contributed by atoms with van der Waals surface area (Å²) in [6.07, 6.45) is 4.61. The number of likely N-dealkylation sites (tertiary alicyclic amines) is 1. The van der Waals surface area contributed by atoms with E-state index in [0.29, 0.717) is 24.4 Å². The lowest BCUT2D eigenvalue weighted by Gasteiger charge is -2.42. The number of furan rings is 1. The molecule has 1 aromatic carbocycles. The van der Waals surface area contributed by atoms with Gasteiger partial charge in [0.05, 0.1) is 18.2 Å². The summed E-state index contributed by atoms with van der Waals surface area (Å²) in [5.74, 6) is 1.52. The zero-order valence-electron chi connectivity index (χ0n) is 18.3. The number of aliphatic hydroxyl groups is 1. The first-order valence-electron chi connectivity index (χ1n) is 11.4. The maximum absolute atomic E-state index is 13.6. The summed E-state index contributed by atoms with van der Waals surface area (Å²) in [7, 11) is 0. The molecule has 1 aliphatic heterocycles. The van der Waals surface area contributed by atoms with Gasteiger partial charge in [-0.1, -0.05) is 50.6 Å². The topological polar surface area (TPSA) is 56.9 Å². The van der Waals surface area contributed by atoms with E-state index in [1.165, 1.54) is 0 Å². The van der Waals surface area contributed by atoms with E-state index in [1.807, 2.05) is 41.3 Å². The first-order chi connectivity index (χ1) is 14.6. The Morgan fingerprint density at radius 2 is 1.93 bits per heavy atom. The van der Waals surface area contributed by atoms with Gasteiger partial charge >= 0.3 is 0 Å². The molecule has 1 aliphatic carbocycles. The van der Waals surface area contributed by atoms with Crippen LogP contribution in [0, 0.1) is 5.41 Å². The second-order valence-corrected chi connectivity index (χ2v) is 8.88. The summed E-state index contributed by atoms with van der Waals surface area (Å²) in [6, 6.07) is 11.8. The quantitative estimate of drug-likeness (QED) is 0.759. The molecule has 2 atom stereocenters. The van der Waals surface area contributed by atoms with Gasteiger partial charge in [-0.25, -0.2) is 0 Å². The molecule has 1 spiro atoms. The Labute approximate surface area is 179 Å². The maximum Gasteiger partial charge on any atom is 0.257 e. The number of aliphatic hydroxyl groups excluding tert-OH is 1. The molecule has 30 heavy (non-hydrogen) atoms. The van der Waals surface area contributed by atoms with E-state index in [-0.39, 0.29) is 17.4 Å². The third-order valence-corrected chi connectivity index (χ3v) is 7.08. The summed E-state index contributed by atoms with van der Waals surface area (Å²) in [6.45, 7) is 8.24. The average Bonchev–Trinajstić information content (AvgIpc) is 3.36. The lowest BCUT2D eigenvalue weighted by Crippen LogP contribution is -2.49. The maximum atomic E-state index is 13.6. The van der Waals surface area contributed by atoms with Crippen molar-refractivity contribution in [1.82, 2.24) is 9.80 Å². The first-order valence-corrected chi connectivity index (χ1v) is 11.4. The fraction of sp³-hybridized carbons (Fsp3) is 0.560. The van der Waals surface area contributed by atoms with Crippen molar-refractivity contribution >= 4 is 5.91 Å². The van der Waals surface area contributed by atoms with Crippen LogP contribution in [0.2, 0.25) is 0 Å². The molecule has 0 radical (unpaired) electrons. The number of carbonyl (C=O) groups is 1. The second kappa shape index (κ2) is 8.94. The van der Waals surface area contributed by atoms with Crippen LogP contribution in [0.3, 0.4) is 0 Å². The van der Waals surface area contributed by atoms with E-state index < -0.39 is 0 Å². The standard InChI is InChI=1S/C25H34N2O3/c1-3-26(4-2)17-20-16-21(23(30-20)19-10-6-5-7-11-19)24(29)27-15-9-14-25(18-27)13-8-12-22(25)28/h5-7,10-11,16,22,28H,3-4,8-9,12-15,17-18H2,1-2H3/t22-,25-/m1/s1. The number of rotatable bonds is 6. The highest BCUT2D eigenvalue weighted by molar-refractivity contribution is 6.00. The molecule has 0 unspecified atom stereocenters. The molecule has 1 amide bonds. The van der Waals surface area contributed by atoms with Crippen LogP contribution in [-0.4, -0.2) is 53.1 Å². The highest BCUT2D eigenvalue weighted by Gasteiger charge is 2.46. The second-order valence-electron chi connectivity index (χ2n) is 8.88. The normalized spacial score (nSPS) is 24.1. The van der Waals surface area contributed by atoms with E-state index in [4.69, 9.17) is 4.42 Å². The van der Waals surface area contributed by atoms with E-state index in [0.717, 1.165) is 63.1 Å². The minimum atomic E-state index is -0.288. The number of amides is 1. The van der Waals surface area contributed by atoms with Crippen molar-refractivity contribution in [2.75, 3.05) is 26.2 Å². The van der Waals surface area contributed by atoms with E-state index in [9.17, 15) is 9.90 Å². The molecule has 4 rings (SSSR count). The Bertz CT molecular complexity index is 859. The molecule has 1 N–H and O–H groups in total. The van der Waals surface area contributed by atoms with Crippen molar-refractivity contribution in [3.8, 4) is 11.3 Å². The first kappa shape index (κ1) is 21.1. The van der Waals surface area contributed by atoms with Crippen molar-refractivity contribution in [3.63, 3.8) is 0 Å². The van der Waals surface area contributed by atoms with Gasteiger partial charge in [0.2, 0.25) is 0 Å². The molecule has 1 saturated heterocycles. The van der Waals surface area contributed by atoms with Crippen molar-refractivity contribution in [2.45, 2.75) is 58.6 Å². The summed E-state index contributed by atoms with van der Waals surface area (Å²) in [5.41, 5.74) is 1.46. The van der Waals surface area contributed by atoms with Gasteiger partial charge < -0.3 is 14.4 Å². The van der Waals surface area contributed by atoms with Crippen LogP contribution in [0.25, 0.3) is 11.3 Å². The molecule has 1 aromatic heterocycles. The van der Waals surface area contributed by atoms with Gasteiger partial charge in [-0.15, -0.1) is 0 Å². The SMILES string of the molecule is CCN(CC)Cc1cc(C(=O)N2CCC[C@]3(CCC[C@H]3O)C2)c(-c2ccccc2)o1. The highest BCUT2D eigenvalue weighted by atomic mass is 16.3. The fourth-order valence-corrected chi connectivity index (χ4v) is 5.25. The zero-order valence-corrected chi connectivity index (χ0v) is 18.3. The molecule has 162 valence electrons. The average molecular weight is 411 g/mol. The van der Waals surface area contributed by atoms with Gasteiger partial charge in [0, 0.05) is 24.1 Å². The lowest BCUT2D eigenvalue weighted by atomic mass is 9.76. The van der Waals surface area contributed by atoms with Crippen molar-refractivity contribution < 1.29 is 14.3 Å². The van der Waals surface area contributed by atoms with Gasteiger partial charge in [-0.05, 0) is 44.8 Å². The van der Waals surface area contributed by atoms with Crippen LogP contribution in [-0.2, 0) is 6.54 Å². The van der Waals surface area contributed by atoms with Crippen LogP contribution in [0.15, 0.2) is 40.8 Å². The third kappa shape index (κ3) is 4.06. The number of piperidine rings is 1. The molecule has 2 aliphatic rings. The zero-order chi connectivity index (χ0) is 21.1. The number of carbonyl (C=O) groups excluding carboxylic acids is 1. The molecule has 2 fully saturated rings. The number of hydrogen-bond donors (Lipinski definition) is 1. The van der Waals surface area contributed by atoms with Gasteiger partial charge in [0.25, 0.3) is 5.91 Å². The van der Waals surface area contributed by atoms with Crippen LogP contribution in [0.5, 0.6) is 0 Å². The summed E-state index contributed by atoms with van der Waals surface area (Å²) < 4.78 is 6.25. The molecule has 1 saturated carbocycles. The van der Waals surface area contributed by atoms with Gasteiger partial charge in [0.15, 0.2) is 0 Å². The number of benzene rings is 1. The Balaban J connectivity index is 1.64. The summed E-state index contributed by atoms with van der Waals surface area (Å²) >= 11 is 0. The van der Waals surface area contributed by atoms with Crippen LogP contribution >= 0.6 is 0 Å². The van der Waals surface area contributed by atoms with Gasteiger partial charge in [-0.2, -0.15) is 0 Å². The largest absolute Gasteiger partial charge is 0.459 e.